The second-order valence-corrected chi connectivity index (χ2v) is 10.4. The van der Waals surface area contributed by atoms with E-state index < -0.39 is 22.5 Å². The molecule has 0 saturated heterocycles. The van der Waals surface area contributed by atoms with Crippen LogP contribution in [0.2, 0.25) is 0 Å². The molecule has 0 atom stereocenters. The van der Waals surface area contributed by atoms with Crippen LogP contribution in [0.4, 0.5) is 11.4 Å². The van der Waals surface area contributed by atoms with Crippen molar-refractivity contribution in [2.75, 3.05) is 36.9 Å². The first-order chi connectivity index (χ1) is 17.7. The normalized spacial score (nSPS) is 11.1. The summed E-state index contributed by atoms with van der Waals surface area (Å²) < 4.78 is 38.8. The second kappa shape index (κ2) is 12.3. The van der Waals surface area contributed by atoms with Crippen molar-refractivity contribution < 1.29 is 27.5 Å². The van der Waals surface area contributed by atoms with Crippen molar-refractivity contribution in [3.05, 3.63) is 78.4 Å². The molecule has 9 nitrogen and oxygen atoms in total. The zero-order valence-corrected chi connectivity index (χ0v) is 22.0. The molecular weight excluding hydrogens is 494 g/mol. The van der Waals surface area contributed by atoms with Gasteiger partial charge in [-0.1, -0.05) is 44.2 Å². The fraction of sp³-hybridized carbons (Fsp3) is 0.259. The van der Waals surface area contributed by atoms with E-state index in [2.05, 4.69) is 10.6 Å². The fourth-order valence-electron chi connectivity index (χ4n) is 3.52. The minimum atomic E-state index is -4.13. The molecule has 0 fully saturated rings. The van der Waals surface area contributed by atoms with Gasteiger partial charge < -0.3 is 20.1 Å². The molecule has 3 aromatic carbocycles. The van der Waals surface area contributed by atoms with Gasteiger partial charge in [-0.2, -0.15) is 0 Å². The molecule has 0 aliphatic heterocycles. The number of hydrogen-bond acceptors (Lipinski definition) is 6. The minimum Gasteiger partial charge on any atom is -0.493 e. The van der Waals surface area contributed by atoms with Crippen LogP contribution in [0, 0.1) is 5.92 Å². The van der Waals surface area contributed by atoms with Crippen LogP contribution in [0.15, 0.2) is 77.7 Å². The molecule has 0 heterocycles. The standard InChI is InChI=1S/C27H31N3O6S/c1-19(2)17-28-27(32)22-12-8-9-13-23(22)29-26(31)18-30(37(33,34)21-10-6-5-7-11-21)20-14-15-24(35-3)25(16-20)36-4/h5-16,19H,17-18H2,1-4H3,(H,28,32)(H,29,31). The van der Waals surface area contributed by atoms with E-state index in [1.165, 1.54) is 38.5 Å². The van der Waals surface area contributed by atoms with E-state index in [0.29, 0.717) is 18.0 Å². The lowest BCUT2D eigenvalue weighted by Crippen LogP contribution is -2.38. The smallest absolute Gasteiger partial charge is 0.264 e. The van der Waals surface area contributed by atoms with Crippen LogP contribution in [0.5, 0.6) is 11.5 Å². The molecule has 0 spiro atoms. The lowest BCUT2D eigenvalue weighted by molar-refractivity contribution is -0.114. The fourth-order valence-corrected chi connectivity index (χ4v) is 4.95. The summed E-state index contributed by atoms with van der Waals surface area (Å²) in [5.74, 6) is 0.00975. The van der Waals surface area contributed by atoms with E-state index in [4.69, 9.17) is 9.47 Å². The molecule has 3 aromatic rings. The second-order valence-electron chi connectivity index (χ2n) is 8.56. The number of carbonyl (C=O) groups excluding carboxylic acids is 2. The SMILES string of the molecule is COc1ccc(N(CC(=O)Nc2ccccc2C(=O)NCC(C)C)S(=O)(=O)c2ccccc2)cc1OC. The molecular formula is C27H31N3O6S. The van der Waals surface area contributed by atoms with Gasteiger partial charge in [-0.15, -0.1) is 0 Å². The quantitative estimate of drug-likeness (QED) is 0.392. The summed E-state index contributed by atoms with van der Waals surface area (Å²) in [6.07, 6.45) is 0. The first-order valence-electron chi connectivity index (χ1n) is 11.6. The highest BCUT2D eigenvalue weighted by Gasteiger charge is 2.28. The number of hydrogen-bond donors (Lipinski definition) is 2. The highest BCUT2D eigenvalue weighted by atomic mass is 32.2. The zero-order valence-electron chi connectivity index (χ0n) is 21.2. The minimum absolute atomic E-state index is 0.0195. The number of anilines is 2. The first kappa shape index (κ1) is 27.5. The number of sulfonamides is 1. The third kappa shape index (κ3) is 6.79. The third-order valence-corrected chi connectivity index (χ3v) is 7.18. The Morgan fingerprint density at radius 2 is 1.54 bits per heavy atom. The molecule has 0 aliphatic rings. The van der Waals surface area contributed by atoms with Crippen molar-refractivity contribution in [1.29, 1.82) is 0 Å². The summed E-state index contributed by atoms with van der Waals surface area (Å²) in [7, 11) is -1.23. The Labute approximate surface area is 217 Å². The molecule has 2 amide bonds. The summed E-state index contributed by atoms with van der Waals surface area (Å²) >= 11 is 0. The van der Waals surface area contributed by atoms with E-state index >= 15 is 0 Å². The van der Waals surface area contributed by atoms with Crippen LogP contribution in [0.3, 0.4) is 0 Å². The molecule has 0 aromatic heterocycles. The van der Waals surface area contributed by atoms with E-state index in [1.807, 2.05) is 13.8 Å². The summed E-state index contributed by atoms with van der Waals surface area (Å²) in [6.45, 7) is 3.88. The van der Waals surface area contributed by atoms with Gasteiger partial charge in [0.15, 0.2) is 11.5 Å². The van der Waals surface area contributed by atoms with Crippen molar-refractivity contribution in [1.82, 2.24) is 5.32 Å². The van der Waals surface area contributed by atoms with Gasteiger partial charge in [0.05, 0.1) is 36.1 Å². The van der Waals surface area contributed by atoms with Crippen LogP contribution in [0.1, 0.15) is 24.2 Å². The monoisotopic (exact) mass is 525 g/mol. The lowest BCUT2D eigenvalue weighted by atomic mass is 10.1. The molecule has 0 saturated carbocycles. The van der Waals surface area contributed by atoms with Gasteiger partial charge in [0.25, 0.3) is 15.9 Å². The van der Waals surface area contributed by atoms with Gasteiger partial charge in [-0.25, -0.2) is 8.42 Å². The number of amides is 2. The highest BCUT2D eigenvalue weighted by Crippen LogP contribution is 2.33. The Balaban J connectivity index is 1.95. The van der Waals surface area contributed by atoms with E-state index in [1.54, 1.807) is 48.5 Å². The van der Waals surface area contributed by atoms with Crippen molar-refractivity contribution in [2.24, 2.45) is 5.92 Å². The maximum absolute atomic E-state index is 13.6. The number of para-hydroxylation sites is 1. The van der Waals surface area contributed by atoms with Crippen molar-refractivity contribution in [3.8, 4) is 11.5 Å². The summed E-state index contributed by atoms with van der Waals surface area (Å²) in [5.41, 5.74) is 0.762. The number of ether oxygens (including phenoxy) is 2. The maximum Gasteiger partial charge on any atom is 0.264 e. The Morgan fingerprint density at radius 1 is 0.892 bits per heavy atom. The van der Waals surface area contributed by atoms with Gasteiger partial charge in [0, 0.05) is 12.6 Å². The van der Waals surface area contributed by atoms with Crippen molar-refractivity contribution in [2.45, 2.75) is 18.7 Å². The third-order valence-electron chi connectivity index (χ3n) is 5.39. The van der Waals surface area contributed by atoms with E-state index in [0.717, 1.165) is 4.31 Å². The predicted molar refractivity (Wildman–Crippen MR) is 143 cm³/mol. The molecule has 0 aliphatic carbocycles. The Hall–Kier alpha value is -4.05. The predicted octanol–water partition coefficient (Wildman–Crippen LogP) is 3.92. The van der Waals surface area contributed by atoms with Crippen molar-refractivity contribution >= 4 is 33.2 Å². The summed E-state index contributed by atoms with van der Waals surface area (Å²) in [6, 6.07) is 19.0. The van der Waals surface area contributed by atoms with Crippen LogP contribution < -0.4 is 24.4 Å². The number of benzene rings is 3. The summed E-state index contributed by atoms with van der Waals surface area (Å²) in [5, 5.41) is 5.52. The number of nitrogens with zero attached hydrogens (tertiary/aromatic N) is 1. The molecule has 0 bridgehead atoms. The Kier molecular flexibility index (Phi) is 9.13. The highest BCUT2D eigenvalue weighted by molar-refractivity contribution is 7.92. The molecule has 0 radical (unpaired) electrons. The van der Waals surface area contributed by atoms with Gasteiger partial charge in [-0.3, -0.25) is 13.9 Å². The molecule has 196 valence electrons. The number of methoxy groups -OCH3 is 2. The number of rotatable bonds is 11. The van der Waals surface area contributed by atoms with E-state index in [9.17, 15) is 18.0 Å². The van der Waals surface area contributed by atoms with Gasteiger partial charge in [0.1, 0.15) is 6.54 Å². The van der Waals surface area contributed by atoms with E-state index in [-0.39, 0.29) is 33.7 Å². The Bertz CT molecular complexity index is 1340. The summed E-state index contributed by atoms with van der Waals surface area (Å²) in [4.78, 5) is 25.9. The van der Waals surface area contributed by atoms with Crippen molar-refractivity contribution in [3.63, 3.8) is 0 Å². The molecule has 3 rings (SSSR count). The number of carbonyl (C=O) groups is 2. The average Bonchev–Trinajstić information content (AvgIpc) is 2.90. The van der Waals surface area contributed by atoms with Crippen LogP contribution in [-0.2, 0) is 14.8 Å². The van der Waals surface area contributed by atoms with Crippen LogP contribution in [0.25, 0.3) is 0 Å². The molecule has 2 N–H and O–H groups in total. The molecule has 37 heavy (non-hydrogen) atoms. The van der Waals surface area contributed by atoms with Gasteiger partial charge in [0.2, 0.25) is 5.91 Å². The van der Waals surface area contributed by atoms with Crippen LogP contribution in [-0.4, -0.2) is 47.5 Å². The largest absolute Gasteiger partial charge is 0.493 e. The maximum atomic E-state index is 13.6. The zero-order chi connectivity index (χ0) is 27.0. The Morgan fingerprint density at radius 3 is 2.19 bits per heavy atom. The van der Waals surface area contributed by atoms with Gasteiger partial charge in [-0.05, 0) is 42.3 Å². The lowest BCUT2D eigenvalue weighted by Gasteiger charge is -2.25. The first-order valence-corrected chi connectivity index (χ1v) is 13.1. The van der Waals surface area contributed by atoms with Crippen LogP contribution >= 0.6 is 0 Å². The average molecular weight is 526 g/mol. The topological polar surface area (TPSA) is 114 Å². The molecule has 0 unspecified atom stereocenters. The van der Waals surface area contributed by atoms with Gasteiger partial charge >= 0.3 is 0 Å². The molecule has 10 heteroatoms. The number of nitrogens with one attached hydrogen (secondary N) is 2.